The Morgan fingerprint density at radius 2 is 2.24 bits per heavy atom. The minimum atomic E-state index is -3.30. The summed E-state index contributed by atoms with van der Waals surface area (Å²) in [6.07, 6.45) is 1.62. The van der Waals surface area contributed by atoms with Gasteiger partial charge in [-0.15, -0.1) is 11.8 Å². The molecule has 6 nitrogen and oxygen atoms in total. The summed E-state index contributed by atoms with van der Waals surface area (Å²) < 4.78 is 26.4. The van der Waals surface area contributed by atoms with Gasteiger partial charge in [0.15, 0.2) is 0 Å². The highest BCUT2D eigenvalue weighted by Gasteiger charge is 2.11. The highest BCUT2D eigenvalue weighted by molar-refractivity contribution is 8.00. The van der Waals surface area contributed by atoms with Gasteiger partial charge in [0.2, 0.25) is 10.0 Å². The molecule has 114 valence electrons. The number of nitrogens with zero attached hydrogens (tertiary/aromatic N) is 1. The molecule has 0 aliphatic rings. The number of hydrogen-bond donors (Lipinski definition) is 3. The van der Waals surface area contributed by atoms with Gasteiger partial charge in [-0.1, -0.05) is 6.07 Å². The molecular weight excluding hydrogens is 308 g/mol. The molecule has 2 rings (SSSR count). The van der Waals surface area contributed by atoms with Gasteiger partial charge in [0.05, 0.1) is 11.9 Å². The Labute approximate surface area is 128 Å². The van der Waals surface area contributed by atoms with Crippen LogP contribution in [0, 0.1) is 6.92 Å². The van der Waals surface area contributed by atoms with Gasteiger partial charge in [0.25, 0.3) is 0 Å². The van der Waals surface area contributed by atoms with E-state index in [1.807, 2.05) is 25.1 Å². The minimum Gasteiger partial charge on any atom is -0.399 e. The zero-order valence-corrected chi connectivity index (χ0v) is 13.3. The van der Waals surface area contributed by atoms with Gasteiger partial charge in [-0.3, -0.25) is 5.10 Å². The average Bonchev–Trinajstić information content (AvgIpc) is 2.82. The van der Waals surface area contributed by atoms with Gasteiger partial charge in [-0.05, 0) is 25.1 Å². The number of aryl methyl sites for hydroxylation is 1. The molecule has 0 unspecified atom stereocenters. The summed E-state index contributed by atoms with van der Waals surface area (Å²) in [7, 11) is -3.30. The van der Waals surface area contributed by atoms with Crippen LogP contribution in [0.25, 0.3) is 0 Å². The lowest BCUT2D eigenvalue weighted by Crippen LogP contribution is -2.27. The van der Waals surface area contributed by atoms with E-state index in [0.717, 1.165) is 16.2 Å². The molecule has 0 saturated carbocycles. The van der Waals surface area contributed by atoms with E-state index in [1.165, 1.54) is 11.8 Å². The summed E-state index contributed by atoms with van der Waals surface area (Å²) in [5, 5.41) is 6.63. The third-order valence-electron chi connectivity index (χ3n) is 2.90. The number of sulfonamides is 1. The van der Waals surface area contributed by atoms with E-state index >= 15 is 0 Å². The van der Waals surface area contributed by atoms with Gasteiger partial charge < -0.3 is 5.73 Å². The van der Waals surface area contributed by atoms with Crippen LogP contribution in [0.15, 0.2) is 35.4 Å². The number of hydrogen-bond acceptors (Lipinski definition) is 5. The maximum absolute atomic E-state index is 11.9. The smallest absolute Gasteiger partial charge is 0.212 e. The van der Waals surface area contributed by atoms with Gasteiger partial charge >= 0.3 is 0 Å². The summed E-state index contributed by atoms with van der Waals surface area (Å²) in [4.78, 5) is 0.968. The maximum Gasteiger partial charge on any atom is 0.212 e. The Morgan fingerprint density at radius 3 is 2.90 bits per heavy atom. The number of nitrogens with one attached hydrogen (secondary N) is 2. The molecule has 0 aliphatic carbocycles. The van der Waals surface area contributed by atoms with Crippen LogP contribution >= 0.6 is 11.8 Å². The SMILES string of the molecule is Cc1[nH]ncc1CNS(=O)(=O)CCSc1cccc(N)c1. The van der Waals surface area contributed by atoms with E-state index in [0.29, 0.717) is 11.4 Å². The summed E-state index contributed by atoms with van der Waals surface area (Å²) in [6.45, 7) is 2.11. The van der Waals surface area contributed by atoms with Crippen molar-refractivity contribution in [3.8, 4) is 0 Å². The van der Waals surface area contributed by atoms with E-state index in [1.54, 1.807) is 12.3 Å². The third-order valence-corrected chi connectivity index (χ3v) is 5.48. The fourth-order valence-corrected chi connectivity index (χ4v) is 4.05. The zero-order chi connectivity index (χ0) is 15.3. The maximum atomic E-state index is 11.9. The molecule has 1 aromatic heterocycles. The molecule has 0 radical (unpaired) electrons. The highest BCUT2D eigenvalue weighted by atomic mass is 32.2. The van der Waals surface area contributed by atoms with Crippen molar-refractivity contribution in [2.75, 3.05) is 17.2 Å². The second kappa shape index (κ2) is 6.97. The number of anilines is 1. The number of aromatic amines is 1. The fraction of sp³-hybridized carbons (Fsp3) is 0.308. The number of nitrogen functional groups attached to an aromatic ring is 1. The van der Waals surface area contributed by atoms with Crippen LogP contribution in [0.2, 0.25) is 0 Å². The summed E-state index contributed by atoms with van der Waals surface area (Å²) in [5.41, 5.74) is 8.07. The fourth-order valence-electron chi connectivity index (χ4n) is 1.69. The first kappa shape index (κ1) is 15.9. The van der Waals surface area contributed by atoms with Crippen molar-refractivity contribution in [1.82, 2.24) is 14.9 Å². The number of H-pyrrole nitrogens is 1. The Bertz CT molecular complexity index is 698. The van der Waals surface area contributed by atoms with Crippen molar-refractivity contribution in [2.24, 2.45) is 0 Å². The van der Waals surface area contributed by atoms with E-state index in [4.69, 9.17) is 5.73 Å². The van der Waals surface area contributed by atoms with Crippen LogP contribution in [0.1, 0.15) is 11.3 Å². The lowest BCUT2D eigenvalue weighted by molar-refractivity contribution is 0.583. The van der Waals surface area contributed by atoms with Crippen LogP contribution in [-0.2, 0) is 16.6 Å². The first-order valence-corrected chi connectivity index (χ1v) is 9.04. The van der Waals surface area contributed by atoms with Crippen LogP contribution in [0.5, 0.6) is 0 Å². The molecule has 4 N–H and O–H groups in total. The molecule has 8 heteroatoms. The lowest BCUT2D eigenvalue weighted by Gasteiger charge is -2.06. The molecule has 0 spiro atoms. The molecule has 1 heterocycles. The average molecular weight is 326 g/mol. The Hall–Kier alpha value is -1.51. The van der Waals surface area contributed by atoms with E-state index in [2.05, 4.69) is 14.9 Å². The number of rotatable bonds is 7. The van der Waals surface area contributed by atoms with Crippen molar-refractivity contribution in [1.29, 1.82) is 0 Å². The molecular formula is C13H18N4O2S2. The Balaban J connectivity index is 1.80. The number of benzene rings is 1. The van der Waals surface area contributed by atoms with Crippen LogP contribution < -0.4 is 10.5 Å². The molecule has 1 aromatic carbocycles. The van der Waals surface area contributed by atoms with E-state index < -0.39 is 10.0 Å². The van der Waals surface area contributed by atoms with Gasteiger partial charge in [-0.25, -0.2) is 13.1 Å². The molecule has 0 saturated heterocycles. The Kier molecular flexibility index (Phi) is 5.27. The summed E-state index contributed by atoms with van der Waals surface area (Å²) >= 11 is 1.47. The largest absolute Gasteiger partial charge is 0.399 e. The number of thioether (sulfide) groups is 1. The predicted molar refractivity (Wildman–Crippen MR) is 85.5 cm³/mol. The summed E-state index contributed by atoms with van der Waals surface area (Å²) in [6, 6.07) is 7.40. The normalized spacial score (nSPS) is 11.7. The van der Waals surface area contributed by atoms with Crippen LogP contribution in [0.4, 0.5) is 5.69 Å². The molecule has 21 heavy (non-hydrogen) atoms. The van der Waals surface area contributed by atoms with Gasteiger partial charge in [0.1, 0.15) is 0 Å². The molecule has 2 aromatic rings. The van der Waals surface area contributed by atoms with Crippen LogP contribution in [-0.4, -0.2) is 30.1 Å². The minimum absolute atomic E-state index is 0.0589. The molecule has 0 atom stereocenters. The third kappa shape index (κ3) is 5.07. The Morgan fingerprint density at radius 1 is 1.43 bits per heavy atom. The van der Waals surface area contributed by atoms with Crippen molar-refractivity contribution in [3.05, 3.63) is 41.7 Å². The van der Waals surface area contributed by atoms with Gasteiger partial charge in [0, 0.05) is 34.1 Å². The topological polar surface area (TPSA) is 101 Å². The van der Waals surface area contributed by atoms with Crippen LogP contribution in [0.3, 0.4) is 0 Å². The molecule has 0 amide bonds. The van der Waals surface area contributed by atoms with Gasteiger partial charge in [-0.2, -0.15) is 5.10 Å². The number of aromatic nitrogens is 2. The van der Waals surface area contributed by atoms with E-state index in [9.17, 15) is 8.42 Å². The second-order valence-electron chi connectivity index (χ2n) is 4.58. The van der Waals surface area contributed by atoms with Crippen molar-refractivity contribution in [3.63, 3.8) is 0 Å². The molecule has 0 fully saturated rings. The molecule has 0 bridgehead atoms. The van der Waals surface area contributed by atoms with E-state index in [-0.39, 0.29) is 12.3 Å². The zero-order valence-electron chi connectivity index (χ0n) is 11.7. The lowest BCUT2D eigenvalue weighted by atomic mass is 10.3. The second-order valence-corrected chi connectivity index (χ2v) is 7.68. The summed E-state index contributed by atoms with van der Waals surface area (Å²) in [5.74, 6) is 0.534. The van der Waals surface area contributed by atoms with Crippen molar-refractivity contribution in [2.45, 2.75) is 18.4 Å². The predicted octanol–water partition coefficient (Wildman–Crippen LogP) is 1.51. The quantitative estimate of drug-likeness (QED) is 0.529. The standard InChI is InChI=1S/C13H18N4O2S2/c1-10-11(8-15-17-10)9-16-21(18,19)6-5-20-13-4-2-3-12(14)7-13/h2-4,7-8,16H,5-6,9,14H2,1H3,(H,15,17). The first-order valence-electron chi connectivity index (χ1n) is 6.41. The number of nitrogens with two attached hydrogens (primary N) is 1. The molecule has 0 aliphatic heterocycles. The monoisotopic (exact) mass is 326 g/mol. The van der Waals surface area contributed by atoms with Crippen molar-refractivity contribution < 1.29 is 8.42 Å². The van der Waals surface area contributed by atoms with Crippen molar-refractivity contribution >= 4 is 27.5 Å². The highest BCUT2D eigenvalue weighted by Crippen LogP contribution is 2.20. The first-order chi connectivity index (χ1) is 9.96.